The fourth-order valence-corrected chi connectivity index (χ4v) is 3.99. The third kappa shape index (κ3) is 5.12. The molecule has 3 heteroatoms. The van der Waals surface area contributed by atoms with E-state index in [0.717, 1.165) is 30.1 Å². The number of piperidine rings is 1. The van der Waals surface area contributed by atoms with Gasteiger partial charge in [0.05, 0.1) is 12.5 Å². The van der Waals surface area contributed by atoms with E-state index in [9.17, 15) is 4.79 Å². The largest absolute Gasteiger partial charge is 0.371 e. The van der Waals surface area contributed by atoms with E-state index in [4.69, 9.17) is 0 Å². The van der Waals surface area contributed by atoms with Crippen LogP contribution >= 0.6 is 0 Å². The molecule has 1 saturated heterocycles. The minimum Gasteiger partial charge on any atom is -0.371 e. The number of hydrogen-bond acceptors (Lipinski definition) is 2. The fraction of sp³-hybridized carbons (Fsp3) is 0.458. The summed E-state index contributed by atoms with van der Waals surface area (Å²) in [6, 6.07) is 15.0. The number of anilines is 1. The number of carbonyl (C=O) groups is 1. The molecular formula is C24H32N2O. The number of carbonyl (C=O) groups excluding carboxylic acids is 1. The second-order valence-corrected chi connectivity index (χ2v) is 8.18. The number of hydrogen-bond donors (Lipinski definition) is 1. The van der Waals surface area contributed by atoms with Crippen molar-refractivity contribution in [1.82, 2.24) is 5.32 Å². The van der Waals surface area contributed by atoms with Crippen LogP contribution in [-0.2, 0) is 11.2 Å². The molecule has 0 bridgehead atoms. The highest BCUT2D eigenvalue weighted by atomic mass is 16.1. The van der Waals surface area contributed by atoms with Gasteiger partial charge in [0.2, 0.25) is 5.91 Å². The zero-order chi connectivity index (χ0) is 19.4. The van der Waals surface area contributed by atoms with Crippen LogP contribution in [0.15, 0.2) is 42.5 Å². The van der Waals surface area contributed by atoms with Gasteiger partial charge in [-0.1, -0.05) is 42.8 Å². The number of aryl methyl sites for hydroxylation is 2. The maximum Gasteiger partial charge on any atom is 0.224 e. The SMILES string of the molecule is Cc1ccc(CC(=O)N[C@H](C)c2ccc(N3CCC[C@@H](C)C3)cc2)c(C)c1. The van der Waals surface area contributed by atoms with Crippen molar-refractivity contribution >= 4 is 11.6 Å². The molecule has 1 N–H and O–H groups in total. The zero-order valence-corrected chi connectivity index (χ0v) is 17.1. The van der Waals surface area contributed by atoms with E-state index in [1.54, 1.807) is 0 Å². The Bertz CT molecular complexity index is 781. The van der Waals surface area contributed by atoms with Gasteiger partial charge < -0.3 is 10.2 Å². The smallest absolute Gasteiger partial charge is 0.224 e. The predicted molar refractivity (Wildman–Crippen MR) is 113 cm³/mol. The van der Waals surface area contributed by atoms with Gasteiger partial charge in [-0.2, -0.15) is 0 Å². The van der Waals surface area contributed by atoms with E-state index < -0.39 is 0 Å². The lowest BCUT2D eigenvalue weighted by Crippen LogP contribution is -2.34. The maximum atomic E-state index is 12.5. The second kappa shape index (κ2) is 8.60. The molecule has 0 unspecified atom stereocenters. The predicted octanol–water partition coefficient (Wildman–Crippen LogP) is 4.96. The Morgan fingerprint density at radius 3 is 2.59 bits per heavy atom. The van der Waals surface area contributed by atoms with Gasteiger partial charge in [0, 0.05) is 18.8 Å². The summed E-state index contributed by atoms with van der Waals surface area (Å²) >= 11 is 0. The van der Waals surface area contributed by atoms with E-state index in [1.807, 2.05) is 0 Å². The summed E-state index contributed by atoms with van der Waals surface area (Å²) in [5.74, 6) is 0.838. The lowest BCUT2D eigenvalue weighted by Gasteiger charge is -2.33. The van der Waals surface area contributed by atoms with Crippen molar-refractivity contribution in [2.45, 2.75) is 53.0 Å². The first-order valence-electron chi connectivity index (χ1n) is 10.1. The van der Waals surface area contributed by atoms with Crippen LogP contribution in [-0.4, -0.2) is 19.0 Å². The molecule has 1 heterocycles. The summed E-state index contributed by atoms with van der Waals surface area (Å²) in [4.78, 5) is 14.9. The van der Waals surface area contributed by atoms with Gasteiger partial charge in [-0.25, -0.2) is 0 Å². The Morgan fingerprint density at radius 1 is 1.19 bits per heavy atom. The summed E-state index contributed by atoms with van der Waals surface area (Å²) in [6.07, 6.45) is 3.03. The summed E-state index contributed by atoms with van der Waals surface area (Å²) in [5.41, 5.74) is 5.95. The van der Waals surface area contributed by atoms with Gasteiger partial charge in [-0.3, -0.25) is 4.79 Å². The van der Waals surface area contributed by atoms with Gasteiger partial charge in [-0.05, 0) is 68.4 Å². The van der Waals surface area contributed by atoms with Crippen LogP contribution < -0.4 is 10.2 Å². The van der Waals surface area contributed by atoms with Crippen molar-refractivity contribution in [2.75, 3.05) is 18.0 Å². The molecular weight excluding hydrogens is 332 g/mol. The van der Waals surface area contributed by atoms with Crippen molar-refractivity contribution in [3.8, 4) is 0 Å². The van der Waals surface area contributed by atoms with Crippen LogP contribution in [0.2, 0.25) is 0 Å². The minimum absolute atomic E-state index is 0.0117. The molecule has 1 aliphatic heterocycles. The highest BCUT2D eigenvalue weighted by molar-refractivity contribution is 5.79. The van der Waals surface area contributed by atoms with Crippen LogP contribution in [0, 0.1) is 19.8 Å². The Morgan fingerprint density at radius 2 is 1.93 bits per heavy atom. The van der Waals surface area contributed by atoms with E-state index in [0.29, 0.717) is 6.42 Å². The van der Waals surface area contributed by atoms with Crippen molar-refractivity contribution < 1.29 is 4.79 Å². The first-order chi connectivity index (χ1) is 12.9. The molecule has 0 aliphatic carbocycles. The molecule has 1 fully saturated rings. The van der Waals surface area contributed by atoms with E-state index in [2.05, 4.69) is 80.4 Å². The summed E-state index contributed by atoms with van der Waals surface area (Å²) in [5, 5.41) is 3.14. The average Bonchev–Trinajstić information content (AvgIpc) is 2.64. The van der Waals surface area contributed by atoms with Gasteiger partial charge in [0.25, 0.3) is 0 Å². The van der Waals surface area contributed by atoms with Gasteiger partial charge in [0.1, 0.15) is 0 Å². The Labute approximate surface area is 163 Å². The lowest BCUT2D eigenvalue weighted by molar-refractivity contribution is -0.121. The van der Waals surface area contributed by atoms with Crippen LogP contribution in [0.1, 0.15) is 55.0 Å². The molecule has 3 nitrogen and oxygen atoms in total. The Hall–Kier alpha value is -2.29. The van der Waals surface area contributed by atoms with Crippen LogP contribution in [0.5, 0.6) is 0 Å². The molecule has 2 aromatic rings. The molecule has 1 amide bonds. The molecule has 0 aromatic heterocycles. The highest BCUT2D eigenvalue weighted by Crippen LogP contribution is 2.24. The van der Waals surface area contributed by atoms with E-state index >= 15 is 0 Å². The standard InChI is InChI=1S/C24H32N2O/c1-17-7-8-22(19(3)14-17)15-24(27)25-20(4)21-9-11-23(12-10-21)26-13-5-6-18(2)16-26/h7-12,14,18,20H,5-6,13,15-16H2,1-4H3,(H,25,27)/t18-,20-/m1/s1. The average molecular weight is 365 g/mol. The van der Waals surface area contributed by atoms with Crippen molar-refractivity contribution in [3.05, 3.63) is 64.7 Å². The van der Waals surface area contributed by atoms with Crippen LogP contribution in [0.3, 0.4) is 0 Å². The Kier molecular flexibility index (Phi) is 6.20. The summed E-state index contributed by atoms with van der Waals surface area (Å²) in [7, 11) is 0. The number of benzene rings is 2. The number of amides is 1. The molecule has 0 saturated carbocycles. The molecule has 0 spiro atoms. The van der Waals surface area contributed by atoms with Crippen molar-refractivity contribution in [2.24, 2.45) is 5.92 Å². The molecule has 144 valence electrons. The molecule has 3 rings (SSSR count). The third-order valence-corrected chi connectivity index (χ3v) is 5.64. The van der Waals surface area contributed by atoms with E-state index in [-0.39, 0.29) is 11.9 Å². The molecule has 1 aliphatic rings. The molecule has 2 aromatic carbocycles. The lowest BCUT2D eigenvalue weighted by atomic mass is 9.99. The van der Waals surface area contributed by atoms with Crippen molar-refractivity contribution in [1.29, 1.82) is 0 Å². The third-order valence-electron chi connectivity index (χ3n) is 5.64. The first kappa shape index (κ1) is 19.5. The topological polar surface area (TPSA) is 32.3 Å². The van der Waals surface area contributed by atoms with Gasteiger partial charge in [0.15, 0.2) is 0 Å². The highest BCUT2D eigenvalue weighted by Gasteiger charge is 2.17. The quantitative estimate of drug-likeness (QED) is 0.813. The Balaban J connectivity index is 1.58. The van der Waals surface area contributed by atoms with Gasteiger partial charge >= 0.3 is 0 Å². The number of rotatable bonds is 5. The molecule has 0 radical (unpaired) electrons. The normalized spacial score (nSPS) is 18.2. The molecule has 27 heavy (non-hydrogen) atoms. The van der Waals surface area contributed by atoms with Gasteiger partial charge in [-0.15, -0.1) is 0 Å². The monoisotopic (exact) mass is 364 g/mol. The maximum absolute atomic E-state index is 12.5. The van der Waals surface area contributed by atoms with E-state index in [1.165, 1.54) is 29.7 Å². The number of nitrogens with zero attached hydrogens (tertiary/aromatic N) is 1. The van der Waals surface area contributed by atoms with Crippen LogP contribution in [0.4, 0.5) is 5.69 Å². The molecule has 2 atom stereocenters. The second-order valence-electron chi connectivity index (χ2n) is 8.18. The minimum atomic E-state index is 0.0117. The summed E-state index contributed by atoms with van der Waals surface area (Å²) < 4.78 is 0. The summed E-state index contributed by atoms with van der Waals surface area (Å²) in [6.45, 7) is 10.8. The number of nitrogens with one attached hydrogen (secondary N) is 1. The van der Waals surface area contributed by atoms with Crippen LogP contribution in [0.25, 0.3) is 0 Å². The first-order valence-corrected chi connectivity index (χ1v) is 10.1. The fourth-order valence-electron chi connectivity index (χ4n) is 3.99. The zero-order valence-electron chi connectivity index (χ0n) is 17.1. The van der Waals surface area contributed by atoms with Crippen molar-refractivity contribution in [3.63, 3.8) is 0 Å².